The second-order valence-corrected chi connectivity index (χ2v) is 5.07. The van der Waals surface area contributed by atoms with E-state index in [1.54, 1.807) is 6.08 Å². The molecule has 0 rings (SSSR count). The molecule has 6 heteroatoms. The summed E-state index contributed by atoms with van der Waals surface area (Å²) in [6, 6.07) is 0. The van der Waals surface area contributed by atoms with E-state index in [9.17, 15) is 13.2 Å². The van der Waals surface area contributed by atoms with Gasteiger partial charge in [0.05, 0.1) is 5.75 Å². The van der Waals surface area contributed by atoms with Crippen LogP contribution in [0.2, 0.25) is 0 Å². The van der Waals surface area contributed by atoms with Gasteiger partial charge in [-0.3, -0.25) is 4.79 Å². The normalized spacial score (nSPS) is 11.2. The third-order valence-corrected chi connectivity index (χ3v) is 3.18. The number of hydrogen-bond donors (Lipinski definition) is 2. The summed E-state index contributed by atoms with van der Waals surface area (Å²) in [7, 11) is -3.24. The van der Waals surface area contributed by atoms with Gasteiger partial charge in [-0.05, 0) is 19.3 Å². The summed E-state index contributed by atoms with van der Waals surface area (Å²) in [5.74, 6) is -0.854. The Morgan fingerprint density at radius 1 is 1.40 bits per heavy atom. The first-order chi connectivity index (χ1) is 6.98. The molecule has 0 bridgehead atoms. The number of nitrogens with one attached hydrogen (secondary N) is 1. The maximum absolute atomic E-state index is 11.3. The molecule has 0 fully saturated rings. The molecule has 0 aromatic heterocycles. The number of aliphatic carboxylic acids is 1. The highest BCUT2D eigenvalue weighted by molar-refractivity contribution is 7.89. The first kappa shape index (κ1) is 14.1. The van der Waals surface area contributed by atoms with Crippen LogP contribution in [0.1, 0.15) is 25.7 Å². The third-order valence-electron chi connectivity index (χ3n) is 1.71. The van der Waals surface area contributed by atoms with Crippen molar-refractivity contribution in [2.24, 2.45) is 0 Å². The molecule has 0 unspecified atom stereocenters. The Morgan fingerprint density at radius 2 is 2.07 bits per heavy atom. The van der Waals surface area contributed by atoms with Gasteiger partial charge >= 0.3 is 5.97 Å². The van der Waals surface area contributed by atoms with Crippen molar-refractivity contribution in [2.45, 2.75) is 25.7 Å². The average molecular weight is 235 g/mol. The largest absolute Gasteiger partial charge is 0.481 e. The highest BCUT2D eigenvalue weighted by Crippen LogP contribution is 1.96. The van der Waals surface area contributed by atoms with Gasteiger partial charge in [0, 0.05) is 13.0 Å². The molecule has 0 radical (unpaired) electrons. The SMILES string of the molecule is C=CCCCS(=O)(=O)NCCCC(=O)O. The number of hydrogen-bond acceptors (Lipinski definition) is 3. The van der Waals surface area contributed by atoms with E-state index in [0.29, 0.717) is 19.3 Å². The Morgan fingerprint density at radius 3 is 2.60 bits per heavy atom. The minimum absolute atomic E-state index is 0.0187. The second-order valence-electron chi connectivity index (χ2n) is 3.14. The number of allylic oxidation sites excluding steroid dienone is 1. The third kappa shape index (κ3) is 9.42. The maximum Gasteiger partial charge on any atom is 0.303 e. The zero-order valence-electron chi connectivity index (χ0n) is 8.61. The van der Waals surface area contributed by atoms with Crippen LogP contribution < -0.4 is 4.72 Å². The van der Waals surface area contributed by atoms with Crippen molar-refractivity contribution >= 4 is 16.0 Å². The molecule has 5 nitrogen and oxygen atoms in total. The maximum atomic E-state index is 11.3. The van der Waals surface area contributed by atoms with E-state index < -0.39 is 16.0 Å². The summed E-state index contributed by atoms with van der Waals surface area (Å²) in [5.41, 5.74) is 0. The van der Waals surface area contributed by atoms with E-state index in [0.717, 1.165) is 0 Å². The van der Waals surface area contributed by atoms with E-state index >= 15 is 0 Å². The van der Waals surface area contributed by atoms with Crippen LogP contribution in [-0.4, -0.2) is 31.8 Å². The van der Waals surface area contributed by atoms with E-state index in [4.69, 9.17) is 5.11 Å². The molecule has 0 aliphatic heterocycles. The van der Waals surface area contributed by atoms with Gasteiger partial charge in [0.2, 0.25) is 10.0 Å². The van der Waals surface area contributed by atoms with Crippen molar-refractivity contribution < 1.29 is 18.3 Å². The fourth-order valence-electron chi connectivity index (χ4n) is 0.957. The van der Waals surface area contributed by atoms with Crippen molar-refractivity contribution in [3.05, 3.63) is 12.7 Å². The summed E-state index contributed by atoms with van der Waals surface area (Å²) >= 11 is 0. The van der Waals surface area contributed by atoms with Crippen LogP contribution in [0.5, 0.6) is 0 Å². The van der Waals surface area contributed by atoms with Gasteiger partial charge in [-0.25, -0.2) is 13.1 Å². The summed E-state index contributed by atoms with van der Waals surface area (Å²) in [4.78, 5) is 10.1. The van der Waals surface area contributed by atoms with Crippen molar-refractivity contribution in [1.82, 2.24) is 4.72 Å². The highest BCUT2D eigenvalue weighted by atomic mass is 32.2. The number of sulfonamides is 1. The second kappa shape index (κ2) is 7.42. The van der Waals surface area contributed by atoms with Gasteiger partial charge in [-0.1, -0.05) is 6.08 Å². The molecule has 0 amide bonds. The lowest BCUT2D eigenvalue weighted by molar-refractivity contribution is -0.137. The van der Waals surface area contributed by atoms with Crippen LogP contribution in [0.4, 0.5) is 0 Å². The van der Waals surface area contributed by atoms with Crippen LogP contribution in [0.3, 0.4) is 0 Å². The van der Waals surface area contributed by atoms with E-state index in [1.165, 1.54) is 0 Å². The number of carbonyl (C=O) groups is 1. The predicted molar refractivity (Wildman–Crippen MR) is 58.1 cm³/mol. The molecule has 0 aliphatic rings. The predicted octanol–water partition coefficient (Wildman–Crippen LogP) is 0.737. The minimum atomic E-state index is -3.24. The van der Waals surface area contributed by atoms with Crippen molar-refractivity contribution in [3.63, 3.8) is 0 Å². The monoisotopic (exact) mass is 235 g/mol. The molecule has 0 aromatic carbocycles. The van der Waals surface area contributed by atoms with Crippen LogP contribution in [-0.2, 0) is 14.8 Å². The Labute approximate surface area is 90.2 Å². The molecule has 2 N–H and O–H groups in total. The molecular weight excluding hydrogens is 218 g/mol. The quantitative estimate of drug-likeness (QED) is 0.456. The highest BCUT2D eigenvalue weighted by Gasteiger charge is 2.08. The van der Waals surface area contributed by atoms with Gasteiger partial charge in [0.1, 0.15) is 0 Å². The van der Waals surface area contributed by atoms with Crippen LogP contribution in [0, 0.1) is 0 Å². The topological polar surface area (TPSA) is 83.5 Å². The van der Waals surface area contributed by atoms with Gasteiger partial charge < -0.3 is 5.11 Å². The molecule has 0 aromatic rings. The first-order valence-corrected chi connectivity index (χ1v) is 6.43. The lowest BCUT2D eigenvalue weighted by Crippen LogP contribution is -2.27. The molecule has 0 saturated carbocycles. The molecule has 0 saturated heterocycles. The van der Waals surface area contributed by atoms with Gasteiger partial charge in [-0.15, -0.1) is 6.58 Å². The molecule has 88 valence electrons. The first-order valence-electron chi connectivity index (χ1n) is 4.78. The minimum Gasteiger partial charge on any atom is -0.481 e. The standard InChI is InChI=1S/C9H17NO4S/c1-2-3-4-8-15(13,14)10-7-5-6-9(11)12/h2,10H,1,3-8H2,(H,11,12). The van der Waals surface area contributed by atoms with Crippen LogP contribution >= 0.6 is 0 Å². The fraction of sp³-hybridized carbons (Fsp3) is 0.667. The zero-order valence-corrected chi connectivity index (χ0v) is 9.42. The van der Waals surface area contributed by atoms with Crippen LogP contribution in [0.25, 0.3) is 0 Å². The summed E-state index contributed by atoms with van der Waals surface area (Å²) in [6.07, 6.45) is 3.17. The Hall–Kier alpha value is -0.880. The van der Waals surface area contributed by atoms with Crippen molar-refractivity contribution in [2.75, 3.05) is 12.3 Å². The lowest BCUT2D eigenvalue weighted by atomic mass is 10.3. The fourth-order valence-corrected chi connectivity index (χ4v) is 2.10. The zero-order chi connectivity index (χ0) is 11.7. The number of rotatable bonds is 9. The lowest BCUT2D eigenvalue weighted by Gasteiger charge is -2.04. The summed E-state index contributed by atoms with van der Waals surface area (Å²) < 4.78 is 24.9. The smallest absolute Gasteiger partial charge is 0.303 e. The number of carboxylic acid groups (broad SMARTS) is 1. The average Bonchev–Trinajstić information content (AvgIpc) is 2.13. The van der Waals surface area contributed by atoms with Crippen molar-refractivity contribution in [1.29, 1.82) is 0 Å². The van der Waals surface area contributed by atoms with Gasteiger partial charge in [0.25, 0.3) is 0 Å². The molecule has 0 aliphatic carbocycles. The molecule has 0 spiro atoms. The molecule has 15 heavy (non-hydrogen) atoms. The Balaban J connectivity index is 3.65. The molecular formula is C9H17NO4S. The van der Waals surface area contributed by atoms with E-state index in [2.05, 4.69) is 11.3 Å². The van der Waals surface area contributed by atoms with Crippen molar-refractivity contribution in [3.8, 4) is 0 Å². The summed E-state index contributed by atoms with van der Waals surface area (Å²) in [5, 5.41) is 8.33. The Kier molecular flexibility index (Phi) is 6.98. The summed E-state index contributed by atoms with van der Waals surface area (Å²) in [6.45, 7) is 3.68. The van der Waals surface area contributed by atoms with Crippen LogP contribution in [0.15, 0.2) is 12.7 Å². The van der Waals surface area contributed by atoms with Gasteiger partial charge in [0.15, 0.2) is 0 Å². The van der Waals surface area contributed by atoms with E-state index in [1.807, 2.05) is 0 Å². The number of unbranched alkanes of at least 4 members (excludes halogenated alkanes) is 1. The molecule has 0 atom stereocenters. The number of carboxylic acids is 1. The van der Waals surface area contributed by atoms with Gasteiger partial charge in [-0.2, -0.15) is 0 Å². The van der Waals surface area contributed by atoms with E-state index in [-0.39, 0.29) is 18.7 Å². The molecule has 0 heterocycles. The Bertz CT molecular complexity index is 297.